The summed E-state index contributed by atoms with van der Waals surface area (Å²) in [7, 11) is 0. The van der Waals surface area contributed by atoms with Gasteiger partial charge in [-0.1, -0.05) is 42.0 Å². The summed E-state index contributed by atoms with van der Waals surface area (Å²) in [5, 5.41) is 6.48. The molecule has 29 heavy (non-hydrogen) atoms. The van der Waals surface area contributed by atoms with Crippen molar-refractivity contribution in [3.63, 3.8) is 0 Å². The Morgan fingerprint density at radius 2 is 1.62 bits per heavy atom. The zero-order valence-electron chi connectivity index (χ0n) is 16.4. The second-order valence-electron chi connectivity index (χ2n) is 6.93. The number of nitrogens with one attached hydrogen (secondary N) is 2. The van der Waals surface area contributed by atoms with Crippen molar-refractivity contribution in [2.75, 3.05) is 5.32 Å². The molecule has 1 heterocycles. The van der Waals surface area contributed by atoms with Crippen molar-refractivity contribution < 1.29 is 0 Å². The fraction of sp³-hybridized carbons (Fsp3) is 0.0833. The van der Waals surface area contributed by atoms with Crippen LogP contribution in [0.2, 0.25) is 0 Å². The molecule has 0 fully saturated rings. The van der Waals surface area contributed by atoms with E-state index < -0.39 is 0 Å². The van der Waals surface area contributed by atoms with E-state index in [4.69, 9.17) is 0 Å². The number of nitrogens with zero attached hydrogens (tertiary/aromatic N) is 2. The first kappa shape index (κ1) is 18.5. The number of H-pyrrole nitrogens is 1. The summed E-state index contributed by atoms with van der Waals surface area (Å²) in [4.78, 5) is 17.4. The van der Waals surface area contributed by atoms with E-state index >= 15 is 0 Å². The molecular formula is C24H22N4O. The zero-order chi connectivity index (χ0) is 20.2. The average molecular weight is 382 g/mol. The molecule has 1 aromatic heterocycles. The molecule has 5 heteroatoms. The molecule has 0 atom stereocenters. The highest BCUT2D eigenvalue weighted by molar-refractivity contribution is 5.83. The monoisotopic (exact) mass is 382 g/mol. The van der Waals surface area contributed by atoms with Crippen LogP contribution in [0.15, 0.2) is 88.6 Å². The maximum atomic E-state index is 12.8. The van der Waals surface area contributed by atoms with Crippen molar-refractivity contribution in [3.8, 4) is 5.69 Å². The fourth-order valence-corrected chi connectivity index (χ4v) is 3.08. The molecule has 0 aliphatic rings. The van der Waals surface area contributed by atoms with Crippen molar-refractivity contribution >= 4 is 23.3 Å². The molecule has 0 aliphatic heterocycles. The van der Waals surface area contributed by atoms with Crippen LogP contribution in [0.25, 0.3) is 5.69 Å². The molecule has 5 nitrogen and oxygen atoms in total. The minimum atomic E-state index is -0.117. The van der Waals surface area contributed by atoms with E-state index in [-0.39, 0.29) is 5.56 Å². The predicted molar refractivity (Wildman–Crippen MR) is 119 cm³/mol. The number of anilines is 2. The van der Waals surface area contributed by atoms with Gasteiger partial charge in [-0.15, -0.1) is 0 Å². The van der Waals surface area contributed by atoms with Gasteiger partial charge in [-0.3, -0.25) is 14.9 Å². The third-order valence-electron chi connectivity index (χ3n) is 4.66. The molecule has 0 saturated heterocycles. The van der Waals surface area contributed by atoms with Gasteiger partial charge in [0, 0.05) is 23.3 Å². The van der Waals surface area contributed by atoms with E-state index in [1.54, 1.807) is 10.9 Å². The third-order valence-corrected chi connectivity index (χ3v) is 4.66. The number of aromatic nitrogens is 2. The van der Waals surface area contributed by atoms with Crippen molar-refractivity contribution in [2.24, 2.45) is 4.99 Å². The highest BCUT2D eigenvalue weighted by atomic mass is 16.1. The second-order valence-corrected chi connectivity index (χ2v) is 6.93. The maximum absolute atomic E-state index is 12.8. The van der Waals surface area contributed by atoms with E-state index in [2.05, 4.69) is 15.4 Å². The number of para-hydroxylation sites is 1. The van der Waals surface area contributed by atoms with Gasteiger partial charge in [0.2, 0.25) is 0 Å². The minimum Gasteiger partial charge on any atom is -0.355 e. The van der Waals surface area contributed by atoms with Crippen LogP contribution in [-0.4, -0.2) is 16.0 Å². The summed E-state index contributed by atoms with van der Waals surface area (Å²) < 4.78 is 1.55. The number of hydrogen-bond donors (Lipinski definition) is 2. The molecule has 4 aromatic rings. The smallest absolute Gasteiger partial charge is 0.280 e. The standard InChI is InChI=1S/C24H22N4O/c1-17-11-13-22(14-12-17)28-24(29)23(18(2)27-28)16-25-20-9-6-10-21(15-20)26-19-7-4-3-5-8-19/h3-16,26-27H,1-2H3. The molecule has 0 aliphatic carbocycles. The Bertz CT molecular complexity index is 1200. The molecule has 0 saturated carbocycles. The normalized spacial score (nSPS) is 11.1. The van der Waals surface area contributed by atoms with Gasteiger partial charge in [0.25, 0.3) is 5.56 Å². The van der Waals surface area contributed by atoms with Crippen LogP contribution in [0, 0.1) is 13.8 Å². The van der Waals surface area contributed by atoms with E-state index in [1.807, 2.05) is 92.7 Å². The topological polar surface area (TPSA) is 62.2 Å². The summed E-state index contributed by atoms with van der Waals surface area (Å²) in [5.41, 5.74) is 5.88. The second kappa shape index (κ2) is 8.02. The van der Waals surface area contributed by atoms with Gasteiger partial charge in [0.15, 0.2) is 0 Å². The van der Waals surface area contributed by atoms with E-state index in [0.29, 0.717) is 5.56 Å². The molecule has 2 N–H and O–H groups in total. The SMILES string of the molecule is Cc1ccc(-n2[nH]c(C)c(C=Nc3cccc(Nc4ccccc4)c3)c2=O)cc1. The molecule has 0 amide bonds. The van der Waals surface area contributed by atoms with Crippen molar-refractivity contribution in [2.45, 2.75) is 13.8 Å². The van der Waals surface area contributed by atoms with Crippen LogP contribution in [0.4, 0.5) is 17.1 Å². The van der Waals surface area contributed by atoms with Crippen LogP contribution in [-0.2, 0) is 0 Å². The Kier molecular flexibility index (Phi) is 5.12. The summed E-state index contributed by atoms with van der Waals surface area (Å²) in [6.45, 7) is 3.90. The van der Waals surface area contributed by atoms with Crippen LogP contribution in [0.1, 0.15) is 16.8 Å². The largest absolute Gasteiger partial charge is 0.355 e. The van der Waals surface area contributed by atoms with Gasteiger partial charge in [0.1, 0.15) is 0 Å². The lowest BCUT2D eigenvalue weighted by atomic mass is 10.2. The van der Waals surface area contributed by atoms with Gasteiger partial charge in [0.05, 0.1) is 16.9 Å². The first-order chi connectivity index (χ1) is 14.1. The quantitative estimate of drug-likeness (QED) is 0.462. The predicted octanol–water partition coefficient (Wildman–Crippen LogP) is 5.28. The molecule has 0 spiro atoms. The number of benzene rings is 3. The lowest BCUT2D eigenvalue weighted by Crippen LogP contribution is -2.17. The third kappa shape index (κ3) is 4.19. The molecule has 0 unspecified atom stereocenters. The van der Waals surface area contributed by atoms with Gasteiger partial charge in [-0.2, -0.15) is 0 Å². The molecular weight excluding hydrogens is 360 g/mol. The molecule has 144 valence electrons. The fourth-order valence-electron chi connectivity index (χ4n) is 3.08. The summed E-state index contributed by atoms with van der Waals surface area (Å²) in [6.07, 6.45) is 1.63. The number of rotatable bonds is 5. The Labute approximate surface area is 169 Å². The molecule has 3 aromatic carbocycles. The minimum absolute atomic E-state index is 0.117. The highest BCUT2D eigenvalue weighted by Gasteiger charge is 2.10. The van der Waals surface area contributed by atoms with Crippen molar-refractivity contribution in [1.82, 2.24) is 9.78 Å². The summed E-state index contributed by atoms with van der Waals surface area (Å²) >= 11 is 0. The number of aromatic amines is 1. The number of hydrogen-bond acceptors (Lipinski definition) is 3. The Balaban J connectivity index is 1.59. The first-order valence-electron chi connectivity index (χ1n) is 9.45. The average Bonchev–Trinajstić information content (AvgIpc) is 3.02. The van der Waals surface area contributed by atoms with E-state index in [9.17, 15) is 4.79 Å². The van der Waals surface area contributed by atoms with E-state index in [1.165, 1.54) is 0 Å². The van der Waals surface area contributed by atoms with Crippen LogP contribution >= 0.6 is 0 Å². The summed E-state index contributed by atoms with van der Waals surface area (Å²) in [5.74, 6) is 0. The van der Waals surface area contributed by atoms with Crippen molar-refractivity contribution in [3.05, 3.63) is 106 Å². The Morgan fingerprint density at radius 3 is 2.38 bits per heavy atom. The van der Waals surface area contributed by atoms with Crippen LogP contribution in [0.3, 0.4) is 0 Å². The highest BCUT2D eigenvalue weighted by Crippen LogP contribution is 2.21. The van der Waals surface area contributed by atoms with Gasteiger partial charge in [-0.05, 0) is 56.3 Å². The molecule has 0 bridgehead atoms. The van der Waals surface area contributed by atoms with Crippen LogP contribution in [0.5, 0.6) is 0 Å². The van der Waals surface area contributed by atoms with Gasteiger partial charge < -0.3 is 5.32 Å². The van der Waals surface area contributed by atoms with Crippen molar-refractivity contribution in [1.29, 1.82) is 0 Å². The molecule has 4 rings (SSSR count). The Morgan fingerprint density at radius 1 is 0.897 bits per heavy atom. The molecule has 0 radical (unpaired) electrons. The lowest BCUT2D eigenvalue weighted by molar-refractivity contribution is 0.835. The lowest BCUT2D eigenvalue weighted by Gasteiger charge is -2.06. The number of aryl methyl sites for hydroxylation is 2. The van der Waals surface area contributed by atoms with Gasteiger partial charge in [-0.25, -0.2) is 4.68 Å². The Hall–Kier alpha value is -3.86. The summed E-state index contributed by atoms with van der Waals surface area (Å²) in [6, 6.07) is 25.6. The van der Waals surface area contributed by atoms with Crippen LogP contribution < -0.4 is 10.9 Å². The zero-order valence-corrected chi connectivity index (χ0v) is 16.4. The maximum Gasteiger partial charge on any atom is 0.280 e. The first-order valence-corrected chi connectivity index (χ1v) is 9.45. The van der Waals surface area contributed by atoms with E-state index in [0.717, 1.165) is 34.0 Å². The van der Waals surface area contributed by atoms with Gasteiger partial charge >= 0.3 is 0 Å². The number of aliphatic imine (C=N–C) groups is 1.